The van der Waals surface area contributed by atoms with Crippen molar-refractivity contribution in [1.82, 2.24) is 20.1 Å². The summed E-state index contributed by atoms with van der Waals surface area (Å²) in [6.07, 6.45) is 6.41. The second-order valence-electron chi connectivity index (χ2n) is 7.91. The maximum atomic E-state index is 4.53. The molecule has 2 N–H and O–H groups in total. The molecule has 1 aliphatic rings. The summed E-state index contributed by atoms with van der Waals surface area (Å²) in [4.78, 5) is 7.09. The maximum absolute atomic E-state index is 4.53. The predicted molar refractivity (Wildman–Crippen MR) is 121 cm³/mol. The van der Waals surface area contributed by atoms with E-state index in [4.69, 9.17) is 0 Å². The first kappa shape index (κ1) is 18.3. The lowest BCUT2D eigenvalue weighted by Gasteiger charge is -2.21. The molecule has 148 valence electrons. The van der Waals surface area contributed by atoms with Crippen LogP contribution in [0.5, 0.6) is 0 Å². The van der Waals surface area contributed by atoms with Gasteiger partial charge in [-0.25, -0.2) is 4.98 Å². The summed E-state index contributed by atoms with van der Waals surface area (Å²) in [7, 11) is 0. The van der Waals surface area contributed by atoms with Crippen LogP contribution in [0.3, 0.4) is 0 Å². The van der Waals surface area contributed by atoms with Crippen LogP contribution in [0.2, 0.25) is 0 Å². The first-order valence-corrected chi connectivity index (χ1v) is 11.0. The van der Waals surface area contributed by atoms with E-state index in [1.165, 1.54) is 40.6 Å². The third-order valence-electron chi connectivity index (χ3n) is 5.81. The topological polar surface area (TPSA) is 56.8 Å². The molecule has 6 heteroatoms. The third kappa shape index (κ3) is 3.78. The van der Waals surface area contributed by atoms with Gasteiger partial charge in [-0.1, -0.05) is 12.1 Å². The Balaban J connectivity index is 1.36. The largest absolute Gasteiger partial charge is 0.332 e. The average Bonchev–Trinajstić information content (AvgIpc) is 3.42. The van der Waals surface area contributed by atoms with Crippen LogP contribution in [-0.2, 0) is 6.54 Å². The Labute approximate surface area is 174 Å². The highest BCUT2D eigenvalue weighted by Crippen LogP contribution is 2.35. The van der Waals surface area contributed by atoms with E-state index < -0.39 is 0 Å². The molecular formula is C23H25N5S. The van der Waals surface area contributed by atoms with Crippen molar-refractivity contribution in [3.63, 3.8) is 0 Å². The van der Waals surface area contributed by atoms with Crippen molar-refractivity contribution in [2.45, 2.75) is 39.3 Å². The zero-order valence-electron chi connectivity index (χ0n) is 16.8. The summed E-state index contributed by atoms with van der Waals surface area (Å²) in [5.41, 5.74) is 4.75. The van der Waals surface area contributed by atoms with E-state index in [0.29, 0.717) is 6.04 Å². The van der Waals surface area contributed by atoms with Crippen LogP contribution < -0.4 is 5.32 Å². The molecule has 29 heavy (non-hydrogen) atoms. The van der Waals surface area contributed by atoms with E-state index in [2.05, 4.69) is 75.6 Å². The molecule has 0 amide bonds. The van der Waals surface area contributed by atoms with Gasteiger partial charge in [0.2, 0.25) is 0 Å². The number of aryl methyl sites for hydroxylation is 1. The normalized spacial score (nSPS) is 17.2. The summed E-state index contributed by atoms with van der Waals surface area (Å²) in [5.74, 6) is 0.909. The lowest BCUT2D eigenvalue weighted by atomic mass is 10.1. The summed E-state index contributed by atoms with van der Waals surface area (Å²) >= 11 is 1.76. The van der Waals surface area contributed by atoms with E-state index in [0.717, 1.165) is 28.6 Å². The maximum Gasteiger partial charge on any atom is 0.131 e. The number of thiophene rings is 1. The van der Waals surface area contributed by atoms with Crippen LogP contribution in [0.25, 0.3) is 21.2 Å². The molecule has 1 aromatic carbocycles. The monoisotopic (exact) mass is 403 g/mol. The quantitative estimate of drug-likeness (QED) is 0.447. The van der Waals surface area contributed by atoms with Gasteiger partial charge >= 0.3 is 0 Å². The highest BCUT2D eigenvalue weighted by Gasteiger charge is 2.20. The van der Waals surface area contributed by atoms with Gasteiger partial charge in [-0.2, -0.15) is 5.10 Å². The van der Waals surface area contributed by atoms with Crippen LogP contribution in [0.1, 0.15) is 31.0 Å². The van der Waals surface area contributed by atoms with Gasteiger partial charge in [0.05, 0.1) is 11.2 Å². The molecule has 0 spiro atoms. The average molecular weight is 404 g/mol. The fraction of sp³-hybridized carbons (Fsp3) is 0.304. The fourth-order valence-corrected chi connectivity index (χ4v) is 5.14. The lowest BCUT2D eigenvalue weighted by Crippen LogP contribution is -2.26. The third-order valence-corrected chi connectivity index (χ3v) is 6.83. The SMILES string of the molecule is Cc1[nH]ncc1-c1ccc2cc(Nc3cc(CN4CCC[C@@H]4C)ccn3)sc2c1. The number of fused-ring (bicyclic) bond motifs is 1. The van der Waals surface area contributed by atoms with Crippen molar-refractivity contribution in [3.8, 4) is 11.1 Å². The molecule has 0 radical (unpaired) electrons. The number of pyridine rings is 1. The summed E-state index contributed by atoms with van der Waals surface area (Å²) in [6, 6.07) is 13.8. The van der Waals surface area contributed by atoms with E-state index in [1.807, 2.05) is 12.4 Å². The van der Waals surface area contributed by atoms with Crippen LogP contribution in [0.4, 0.5) is 10.8 Å². The van der Waals surface area contributed by atoms with E-state index >= 15 is 0 Å². The standard InChI is InChI=1S/C23H25N5S/c1-15-4-3-9-28(15)14-17-7-8-24-22(10-17)26-23-12-19-6-5-18(11-21(19)29-23)20-13-25-27-16(20)2/h5-8,10-13,15H,3-4,9,14H2,1-2H3,(H,24,26)(H,25,27)/t15-/m0/s1. The highest BCUT2D eigenvalue weighted by atomic mass is 32.1. The number of aromatic amines is 1. The summed E-state index contributed by atoms with van der Waals surface area (Å²) < 4.78 is 1.26. The number of nitrogens with one attached hydrogen (secondary N) is 2. The van der Waals surface area contributed by atoms with Gasteiger partial charge < -0.3 is 5.32 Å². The van der Waals surface area contributed by atoms with Gasteiger partial charge in [-0.05, 0) is 74.0 Å². The molecular weight excluding hydrogens is 378 g/mol. The number of hydrogen-bond donors (Lipinski definition) is 2. The Hall–Kier alpha value is -2.70. The zero-order valence-corrected chi connectivity index (χ0v) is 17.6. The van der Waals surface area contributed by atoms with E-state index in [9.17, 15) is 0 Å². The minimum Gasteiger partial charge on any atom is -0.332 e. The highest BCUT2D eigenvalue weighted by molar-refractivity contribution is 7.22. The van der Waals surface area contributed by atoms with Crippen molar-refractivity contribution in [1.29, 1.82) is 0 Å². The summed E-state index contributed by atoms with van der Waals surface area (Å²) in [5, 5.41) is 13.0. The Morgan fingerprint density at radius 2 is 2.17 bits per heavy atom. The molecule has 5 rings (SSSR count). The smallest absolute Gasteiger partial charge is 0.131 e. The second-order valence-corrected chi connectivity index (χ2v) is 8.99. The minimum atomic E-state index is 0.676. The van der Waals surface area contributed by atoms with Gasteiger partial charge in [0.15, 0.2) is 0 Å². The molecule has 1 saturated heterocycles. The van der Waals surface area contributed by atoms with Crippen LogP contribution in [0, 0.1) is 6.92 Å². The number of hydrogen-bond acceptors (Lipinski definition) is 5. The molecule has 4 aromatic rings. The van der Waals surface area contributed by atoms with Crippen molar-refractivity contribution >= 4 is 32.2 Å². The Morgan fingerprint density at radius 1 is 1.24 bits per heavy atom. The first-order valence-electron chi connectivity index (χ1n) is 10.2. The molecule has 0 unspecified atom stereocenters. The molecule has 4 heterocycles. The van der Waals surface area contributed by atoms with Gasteiger partial charge in [-0.15, -0.1) is 11.3 Å². The van der Waals surface area contributed by atoms with Gasteiger partial charge in [0.25, 0.3) is 0 Å². The zero-order chi connectivity index (χ0) is 19.8. The van der Waals surface area contributed by atoms with Crippen molar-refractivity contribution < 1.29 is 0 Å². The van der Waals surface area contributed by atoms with Crippen LogP contribution in [-0.4, -0.2) is 32.7 Å². The molecule has 1 fully saturated rings. The number of benzene rings is 1. The Kier molecular flexibility index (Phi) is 4.81. The van der Waals surface area contributed by atoms with Gasteiger partial charge in [0.1, 0.15) is 5.82 Å². The van der Waals surface area contributed by atoms with E-state index in [1.54, 1.807) is 11.3 Å². The number of nitrogens with zero attached hydrogens (tertiary/aromatic N) is 3. The summed E-state index contributed by atoms with van der Waals surface area (Å²) in [6.45, 7) is 6.57. The number of H-pyrrole nitrogens is 1. The Bertz CT molecular complexity index is 1150. The fourth-order valence-electron chi connectivity index (χ4n) is 4.13. The van der Waals surface area contributed by atoms with Gasteiger partial charge in [0, 0.05) is 34.7 Å². The number of aromatic nitrogens is 3. The number of likely N-dealkylation sites (tertiary alicyclic amines) is 1. The molecule has 1 atom stereocenters. The molecule has 0 aliphatic carbocycles. The van der Waals surface area contributed by atoms with Crippen molar-refractivity contribution in [2.24, 2.45) is 0 Å². The van der Waals surface area contributed by atoms with E-state index in [-0.39, 0.29) is 0 Å². The first-order chi connectivity index (χ1) is 14.2. The predicted octanol–water partition coefficient (Wildman–Crippen LogP) is 5.72. The molecule has 3 aromatic heterocycles. The molecule has 5 nitrogen and oxygen atoms in total. The molecule has 1 aliphatic heterocycles. The lowest BCUT2D eigenvalue weighted by molar-refractivity contribution is 0.260. The number of rotatable bonds is 5. The second kappa shape index (κ2) is 7.61. The minimum absolute atomic E-state index is 0.676. The van der Waals surface area contributed by atoms with Crippen molar-refractivity contribution in [2.75, 3.05) is 11.9 Å². The Morgan fingerprint density at radius 3 is 2.97 bits per heavy atom. The molecule has 0 bridgehead atoms. The van der Waals surface area contributed by atoms with Crippen molar-refractivity contribution in [3.05, 3.63) is 60.0 Å². The molecule has 0 saturated carbocycles. The van der Waals surface area contributed by atoms with Gasteiger partial charge in [-0.3, -0.25) is 10.00 Å². The number of anilines is 2. The van der Waals surface area contributed by atoms with Crippen LogP contribution in [0.15, 0.2) is 48.8 Å². The van der Waals surface area contributed by atoms with Crippen LogP contribution >= 0.6 is 11.3 Å².